The molecule has 2 aromatic carbocycles. The second-order valence-electron chi connectivity index (χ2n) is 5.88. The first kappa shape index (κ1) is 17.1. The topological polar surface area (TPSA) is 56.1 Å². The molecule has 0 radical (unpaired) electrons. The van der Waals surface area contributed by atoms with Crippen LogP contribution in [0.1, 0.15) is 5.56 Å². The van der Waals surface area contributed by atoms with Crippen molar-refractivity contribution in [2.45, 2.75) is 0 Å². The summed E-state index contributed by atoms with van der Waals surface area (Å²) < 4.78 is 0. The molecule has 5 nitrogen and oxygen atoms in total. The molecular weight excluding hydrogens is 334 g/mol. The summed E-state index contributed by atoms with van der Waals surface area (Å²) >= 11 is 1.33. The number of anilines is 1. The number of carbonyl (C=O) groups excluding carboxylic acids is 1. The number of nitrogens with zero attached hydrogens (tertiary/aromatic N) is 3. The molecule has 1 heterocycles. The molecule has 1 aliphatic heterocycles. The number of aromatic hydroxyl groups is 1. The number of amides is 1. The van der Waals surface area contributed by atoms with Crippen LogP contribution in [-0.4, -0.2) is 42.2 Å². The summed E-state index contributed by atoms with van der Waals surface area (Å²) in [6.45, 7) is 0. The summed E-state index contributed by atoms with van der Waals surface area (Å²) in [4.78, 5) is 21.1. The number of hydrogen-bond donors (Lipinski definition) is 1. The first-order chi connectivity index (χ1) is 11.9. The fourth-order valence-electron chi connectivity index (χ4n) is 2.34. The van der Waals surface area contributed by atoms with Gasteiger partial charge in [0.1, 0.15) is 5.75 Å². The van der Waals surface area contributed by atoms with Crippen molar-refractivity contribution in [3.05, 3.63) is 59.0 Å². The fourth-order valence-corrected chi connectivity index (χ4v) is 3.33. The van der Waals surface area contributed by atoms with E-state index in [2.05, 4.69) is 4.99 Å². The van der Waals surface area contributed by atoms with Gasteiger partial charge in [0.15, 0.2) is 5.17 Å². The normalized spacial score (nSPS) is 17.6. The van der Waals surface area contributed by atoms with Gasteiger partial charge in [-0.05, 0) is 47.7 Å². The Morgan fingerprint density at radius 3 is 2.52 bits per heavy atom. The second-order valence-corrected chi connectivity index (χ2v) is 6.88. The first-order valence-corrected chi connectivity index (χ1v) is 8.58. The lowest BCUT2D eigenvalue weighted by Gasteiger charge is -2.11. The molecule has 0 saturated carbocycles. The number of aliphatic imine (C=N–C) groups is 1. The maximum Gasteiger partial charge on any atom is 0.266 e. The van der Waals surface area contributed by atoms with Crippen molar-refractivity contribution in [3.63, 3.8) is 0 Å². The molecule has 0 unspecified atom stereocenters. The van der Waals surface area contributed by atoms with Crippen LogP contribution in [0.3, 0.4) is 0 Å². The van der Waals surface area contributed by atoms with Crippen molar-refractivity contribution in [2.24, 2.45) is 4.99 Å². The molecule has 0 spiro atoms. The second kappa shape index (κ2) is 7.03. The average molecular weight is 353 g/mol. The minimum absolute atomic E-state index is 0.0828. The highest BCUT2D eigenvalue weighted by molar-refractivity contribution is 8.18. The van der Waals surface area contributed by atoms with Gasteiger partial charge in [-0.15, -0.1) is 0 Å². The number of phenols is 1. The van der Waals surface area contributed by atoms with Crippen molar-refractivity contribution >= 4 is 40.3 Å². The largest absolute Gasteiger partial charge is 0.508 e. The summed E-state index contributed by atoms with van der Waals surface area (Å²) in [5.74, 6) is 0.0659. The van der Waals surface area contributed by atoms with E-state index in [-0.39, 0.29) is 11.7 Å². The lowest BCUT2D eigenvalue weighted by molar-refractivity contribution is -0.121. The van der Waals surface area contributed by atoms with Crippen LogP contribution in [0.5, 0.6) is 5.75 Å². The lowest BCUT2D eigenvalue weighted by atomic mass is 10.2. The zero-order valence-electron chi connectivity index (χ0n) is 14.3. The van der Waals surface area contributed by atoms with Gasteiger partial charge in [-0.2, -0.15) is 0 Å². The molecule has 6 heteroatoms. The summed E-state index contributed by atoms with van der Waals surface area (Å²) in [5.41, 5.74) is 2.68. The van der Waals surface area contributed by atoms with E-state index in [0.717, 1.165) is 11.3 Å². The van der Waals surface area contributed by atoms with Crippen molar-refractivity contribution in [1.29, 1.82) is 0 Å². The van der Waals surface area contributed by atoms with Crippen LogP contribution in [0.4, 0.5) is 11.4 Å². The smallest absolute Gasteiger partial charge is 0.266 e. The van der Waals surface area contributed by atoms with E-state index in [1.807, 2.05) is 49.3 Å². The van der Waals surface area contributed by atoms with Gasteiger partial charge in [0.2, 0.25) is 0 Å². The quantitative estimate of drug-likeness (QED) is 0.855. The maximum atomic E-state index is 12.5. The highest BCUT2D eigenvalue weighted by atomic mass is 32.2. The van der Waals surface area contributed by atoms with Crippen molar-refractivity contribution in [1.82, 2.24) is 4.90 Å². The third-order valence-electron chi connectivity index (χ3n) is 3.77. The van der Waals surface area contributed by atoms with Crippen LogP contribution in [0, 0.1) is 0 Å². The summed E-state index contributed by atoms with van der Waals surface area (Å²) in [6.07, 6.45) is 1.87. The monoisotopic (exact) mass is 353 g/mol. The number of thioether (sulfide) groups is 1. The predicted molar refractivity (Wildman–Crippen MR) is 104 cm³/mol. The van der Waals surface area contributed by atoms with Gasteiger partial charge >= 0.3 is 0 Å². The molecule has 128 valence electrons. The Labute approximate surface area is 151 Å². The Balaban J connectivity index is 1.85. The molecule has 3 rings (SSSR count). The van der Waals surface area contributed by atoms with Gasteiger partial charge < -0.3 is 10.0 Å². The van der Waals surface area contributed by atoms with Gasteiger partial charge in [-0.3, -0.25) is 9.69 Å². The molecule has 1 saturated heterocycles. The van der Waals surface area contributed by atoms with Crippen LogP contribution in [0.25, 0.3) is 6.08 Å². The first-order valence-electron chi connectivity index (χ1n) is 7.77. The minimum atomic E-state index is -0.0828. The molecule has 2 aromatic rings. The molecule has 0 atom stereocenters. The maximum absolute atomic E-state index is 12.5. The Morgan fingerprint density at radius 2 is 1.88 bits per heavy atom. The predicted octanol–water partition coefficient (Wildman–Crippen LogP) is 3.69. The van der Waals surface area contributed by atoms with Gasteiger partial charge in [0.05, 0.1) is 10.6 Å². The van der Waals surface area contributed by atoms with Crippen LogP contribution in [0.15, 0.2) is 58.4 Å². The zero-order valence-corrected chi connectivity index (χ0v) is 15.1. The molecule has 0 aromatic heterocycles. The van der Waals surface area contributed by atoms with Gasteiger partial charge in [-0.1, -0.05) is 18.2 Å². The van der Waals surface area contributed by atoms with E-state index in [9.17, 15) is 9.90 Å². The summed E-state index contributed by atoms with van der Waals surface area (Å²) in [7, 11) is 5.68. The highest BCUT2D eigenvalue weighted by Crippen LogP contribution is 2.33. The molecule has 1 fully saturated rings. The number of benzene rings is 2. The molecule has 1 aliphatic rings. The van der Waals surface area contributed by atoms with E-state index in [1.165, 1.54) is 16.7 Å². The SMILES string of the molecule is CN1C(=O)/C(=C/c2ccc(N(C)C)cc2)SC1=Nc1cccc(O)c1. The number of carbonyl (C=O) groups is 1. The Kier molecular flexibility index (Phi) is 4.81. The summed E-state index contributed by atoms with van der Waals surface area (Å²) in [6, 6.07) is 14.7. The van der Waals surface area contributed by atoms with Crippen LogP contribution in [0.2, 0.25) is 0 Å². The van der Waals surface area contributed by atoms with E-state index < -0.39 is 0 Å². The highest BCUT2D eigenvalue weighted by Gasteiger charge is 2.30. The molecule has 25 heavy (non-hydrogen) atoms. The third-order valence-corrected chi connectivity index (χ3v) is 4.83. The molecule has 0 bridgehead atoms. The van der Waals surface area contributed by atoms with Gasteiger partial charge in [0.25, 0.3) is 5.91 Å². The van der Waals surface area contributed by atoms with Crippen molar-refractivity contribution in [2.75, 3.05) is 26.0 Å². The number of hydrogen-bond acceptors (Lipinski definition) is 5. The third kappa shape index (κ3) is 3.85. The number of rotatable bonds is 3. The van der Waals surface area contributed by atoms with Crippen LogP contribution >= 0.6 is 11.8 Å². The van der Waals surface area contributed by atoms with Gasteiger partial charge in [0, 0.05) is 32.9 Å². The minimum Gasteiger partial charge on any atom is -0.508 e. The van der Waals surface area contributed by atoms with E-state index in [4.69, 9.17) is 0 Å². The van der Waals surface area contributed by atoms with Crippen LogP contribution in [-0.2, 0) is 4.79 Å². The molecule has 1 N–H and O–H groups in total. The zero-order chi connectivity index (χ0) is 18.0. The average Bonchev–Trinajstić information content (AvgIpc) is 2.83. The Hall–Kier alpha value is -2.73. The standard InChI is InChI=1S/C19H19N3O2S/c1-21(2)15-9-7-13(8-10-15)11-17-18(24)22(3)19(25-17)20-14-5-4-6-16(23)12-14/h4-12,23H,1-3H3/b17-11-,20-19?. The summed E-state index contributed by atoms with van der Waals surface area (Å²) in [5, 5.41) is 10.1. The Morgan fingerprint density at radius 1 is 1.16 bits per heavy atom. The Bertz CT molecular complexity index is 857. The number of amidine groups is 1. The molecule has 1 amide bonds. The molecular formula is C19H19N3O2S. The number of phenolic OH excluding ortho intramolecular Hbond substituents is 1. The lowest BCUT2D eigenvalue weighted by Crippen LogP contribution is -2.23. The van der Waals surface area contributed by atoms with E-state index in [0.29, 0.717) is 15.8 Å². The van der Waals surface area contributed by atoms with E-state index in [1.54, 1.807) is 31.3 Å². The van der Waals surface area contributed by atoms with Crippen molar-refractivity contribution < 1.29 is 9.90 Å². The number of likely N-dealkylation sites (N-methyl/N-ethyl adjacent to an activating group) is 1. The fraction of sp³-hybridized carbons (Fsp3) is 0.158. The van der Waals surface area contributed by atoms with E-state index >= 15 is 0 Å². The molecule has 0 aliphatic carbocycles. The van der Waals surface area contributed by atoms with Crippen molar-refractivity contribution in [3.8, 4) is 5.75 Å². The van der Waals surface area contributed by atoms with Gasteiger partial charge in [-0.25, -0.2) is 4.99 Å². The van der Waals surface area contributed by atoms with Crippen LogP contribution < -0.4 is 4.90 Å².